The molecule has 0 spiro atoms. The molecule has 2 aliphatic heterocycles. The minimum Gasteiger partial charge on any atom is -0.444 e. The van der Waals surface area contributed by atoms with Gasteiger partial charge in [-0.05, 0) is 127 Å². The number of rotatable bonds is 4. The van der Waals surface area contributed by atoms with E-state index in [4.69, 9.17) is 14.0 Å². The van der Waals surface area contributed by atoms with Crippen LogP contribution in [0, 0.1) is 40.4 Å². The van der Waals surface area contributed by atoms with Crippen molar-refractivity contribution < 1.29 is 23.6 Å². The van der Waals surface area contributed by atoms with Gasteiger partial charge in [-0.3, -0.25) is 4.79 Å². The van der Waals surface area contributed by atoms with Crippen LogP contribution in [0.1, 0.15) is 106 Å². The number of carbonyl (C=O) groups excluding carboxylic acids is 2. The summed E-state index contributed by atoms with van der Waals surface area (Å²) in [6, 6.07) is -0.549. The van der Waals surface area contributed by atoms with Crippen molar-refractivity contribution in [2.45, 2.75) is 135 Å². The Balaban J connectivity index is 1.14. The Hall–Kier alpha value is -1.28. The van der Waals surface area contributed by atoms with Gasteiger partial charge in [-0.25, -0.2) is 4.79 Å². The van der Waals surface area contributed by atoms with Gasteiger partial charge in [-0.1, -0.05) is 13.8 Å². The second-order valence-electron chi connectivity index (χ2n) is 16.4. The minimum atomic E-state index is -0.610. The van der Waals surface area contributed by atoms with E-state index in [1.165, 1.54) is 25.7 Å². The lowest BCUT2D eigenvalue weighted by Gasteiger charge is -2.64. The topological polar surface area (TPSA) is 77.1 Å². The van der Waals surface area contributed by atoms with Crippen LogP contribution in [0.15, 0.2) is 0 Å². The van der Waals surface area contributed by atoms with E-state index >= 15 is 0 Å². The highest BCUT2D eigenvalue weighted by molar-refractivity contribution is 6.48. The highest BCUT2D eigenvalue weighted by Crippen LogP contribution is 2.66. The number of alkyl carbamates (subject to hydrolysis) is 1. The van der Waals surface area contributed by atoms with E-state index < -0.39 is 17.7 Å². The molecule has 2 heterocycles. The van der Waals surface area contributed by atoms with Crippen LogP contribution in [0.4, 0.5) is 4.79 Å². The average Bonchev–Trinajstić information content (AvgIpc) is 3.43. The maximum atomic E-state index is 14.6. The van der Waals surface area contributed by atoms with E-state index in [1.54, 1.807) is 0 Å². The van der Waals surface area contributed by atoms with Gasteiger partial charge in [0.1, 0.15) is 11.6 Å². The minimum absolute atomic E-state index is 0.0576. The van der Waals surface area contributed by atoms with Crippen LogP contribution < -0.4 is 5.32 Å². The predicted octanol–water partition coefficient (Wildman–Crippen LogP) is 5.35. The third-order valence-electron chi connectivity index (χ3n) is 12.5. The summed E-state index contributed by atoms with van der Waals surface area (Å²) < 4.78 is 19.2. The Kier molecular flexibility index (Phi) is 5.88. The molecule has 0 radical (unpaired) electrons. The monoisotopic (exact) mass is 540 g/mol. The molecule has 2 saturated heterocycles. The van der Waals surface area contributed by atoms with Crippen molar-refractivity contribution in [3.05, 3.63) is 0 Å². The van der Waals surface area contributed by atoms with Gasteiger partial charge in [0.15, 0.2) is 0 Å². The van der Waals surface area contributed by atoms with Crippen LogP contribution in [0.3, 0.4) is 0 Å². The standard InChI is InChI=1S/C31H49BN2O5/c1-28(2,3)37-27(36)33-25(31-15-18-10-19(16-31)12-20(11-18)17-31)26(35)34-9-7-8-24(34)32-38-23-14-21-13-22(29(21,4)5)30(23,6)39-32/h18-25H,7-17H2,1-6H3,(H,33,36)/t18?,19?,20?,21-,22-,23+,24-,25+,30-,31?/m0/s1. The highest BCUT2D eigenvalue weighted by atomic mass is 16.7. The van der Waals surface area contributed by atoms with E-state index in [1.807, 2.05) is 25.7 Å². The molecule has 9 fully saturated rings. The third-order valence-corrected chi connectivity index (χ3v) is 12.5. The molecule has 6 atom stereocenters. The lowest BCUT2D eigenvalue weighted by Crippen LogP contribution is -2.65. The fourth-order valence-corrected chi connectivity index (χ4v) is 11.0. The fraction of sp³-hybridized carbons (Fsp3) is 0.935. The molecule has 0 aromatic carbocycles. The van der Waals surface area contributed by atoms with Gasteiger partial charge in [-0.15, -0.1) is 0 Å². The van der Waals surface area contributed by atoms with Gasteiger partial charge >= 0.3 is 13.2 Å². The summed E-state index contributed by atoms with van der Waals surface area (Å²) in [6.45, 7) is 13.4. The van der Waals surface area contributed by atoms with E-state index in [2.05, 4.69) is 26.1 Å². The maximum Gasteiger partial charge on any atom is 0.481 e. The van der Waals surface area contributed by atoms with Gasteiger partial charge in [0, 0.05) is 12.0 Å². The van der Waals surface area contributed by atoms with E-state index in [9.17, 15) is 9.59 Å². The van der Waals surface area contributed by atoms with E-state index in [-0.39, 0.29) is 41.5 Å². The number of amides is 2. The Labute approximate surface area is 235 Å². The molecule has 39 heavy (non-hydrogen) atoms. The number of ether oxygens (including phenoxy) is 1. The van der Waals surface area contributed by atoms with Crippen LogP contribution >= 0.6 is 0 Å². The van der Waals surface area contributed by atoms with Gasteiger partial charge in [-0.2, -0.15) is 0 Å². The average molecular weight is 541 g/mol. The van der Waals surface area contributed by atoms with Gasteiger partial charge < -0.3 is 24.3 Å². The summed E-state index contributed by atoms with van der Waals surface area (Å²) in [5, 5.41) is 3.17. The third kappa shape index (κ3) is 4.12. The van der Waals surface area contributed by atoms with Crippen molar-refractivity contribution >= 4 is 19.1 Å². The molecule has 7 aliphatic carbocycles. The molecule has 8 heteroatoms. The first-order chi connectivity index (χ1) is 18.3. The normalized spacial score (nSPS) is 46.1. The van der Waals surface area contributed by atoms with Crippen molar-refractivity contribution in [3.8, 4) is 0 Å². The zero-order valence-electron chi connectivity index (χ0n) is 25.0. The first-order valence-corrected chi connectivity index (χ1v) is 15.9. The molecule has 1 N–H and O–H groups in total. The molecule has 6 bridgehead atoms. The van der Waals surface area contributed by atoms with E-state index in [0.717, 1.165) is 38.5 Å². The number of nitrogens with one attached hydrogen (secondary N) is 1. The van der Waals surface area contributed by atoms with Crippen LogP contribution in [-0.4, -0.2) is 59.9 Å². The van der Waals surface area contributed by atoms with Crippen molar-refractivity contribution in [2.24, 2.45) is 40.4 Å². The van der Waals surface area contributed by atoms with Crippen LogP contribution in [0.2, 0.25) is 0 Å². The van der Waals surface area contributed by atoms with Crippen molar-refractivity contribution in [1.82, 2.24) is 10.2 Å². The molecule has 216 valence electrons. The fourth-order valence-electron chi connectivity index (χ4n) is 11.0. The van der Waals surface area contributed by atoms with Crippen LogP contribution in [0.5, 0.6) is 0 Å². The summed E-state index contributed by atoms with van der Waals surface area (Å²) in [6.07, 6.45) is 10.7. The molecule has 7 saturated carbocycles. The van der Waals surface area contributed by atoms with Crippen LogP contribution in [0.25, 0.3) is 0 Å². The molecule has 9 aliphatic rings. The molecule has 2 amide bonds. The second kappa shape index (κ2) is 8.62. The van der Waals surface area contributed by atoms with Crippen molar-refractivity contribution in [1.29, 1.82) is 0 Å². The smallest absolute Gasteiger partial charge is 0.444 e. The lowest BCUT2D eigenvalue weighted by molar-refractivity contribution is -0.199. The number of nitrogens with zero attached hydrogens (tertiary/aromatic N) is 1. The number of carbonyl (C=O) groups is 2. The summed E-state index contributed by atoms with van der Waals surface area (Å²) >= 11 is 0. The summed E-state index contributed by atoms with van der Waals surface area (Å²) in [7, 11) is -0.389. The maximum absolute atomic E-state index is 14.6. The first kappa shape index (κ1) is 26.6. The quantitative estimate of drug-likeness (QED) is 0.487. The summed E-state index contributed by atoms with van der Waals surface area (Å²) in [5.74, 6) is 3.20. The van der Waals surface area contributed by atoms with E-state index in [0.29, 0.717) is 36.1 Å². The molecular weight excluding hydrogens is 491 g/mol. The number of likely N-dealkylation sites (tertiary alicyclic amines) is 1. The van der Waals surface area contributed by atoms with Gasteiger partial charge in [0.2, 0.25) is 5.91 Å². The molecule has 0 unspecified atom stereocenters. The van der Waals surface area contributed by atoms with Gasteiger partial charge in [0.25, 0.3) is 0 Å². The Morgan fingerprint density at radius 1 is 1.00 bits per heavy atom. The zero-order valence-corrected chi connectivity index (χ0v) is 25.0. The number of hydrogen-bond acceptors (Lipinski definition) is 5. The summed E-state index contributed by atoms with van der Waals surface area (Å²) in [4.78, 5) is 29.9. The molecule has 0 aromatic rings. The van der Waals surface area contributed by atoms with Gasteiger partial charge in [0.05, 0.1) is 17.6 Å². The number of hydrogen-bond donors (Lipinski definition) is 1. The largest absolute Gasteiger partial charge is 0.481 e. The molecule has 0 aromatic heterocycles. The molecule has 7 nitrogen and oxygen atoms in total. The Morgan fingerprint density at radius 2 is 1.64 bits per heavy atom. The zero-order chi connectivity index (χ0) is 27.5. The summed E-state index contributed by atoms with van der Waals surface area (Å²) in [5.41, 5.74) is -0.774. The van der Waals surface area contributed by atoms with Crippen LogP contribution in [-0.2, 0) is 18.8 Å². The highest BCUT2D eigenvalue weighted by Gasteiger charge is 2.69. The lowest BCUT2D eigenvalue weighted by atomic mass is 9.43. The first-order valence-electron chi connectivity index (χ1n) is 15.9. The predicted molar refractivity (Wildman–Crippen MR) is 149 cm³/mol. The van der Waals surface area contributed by atoms with Crippen molar-refractivity contribution in [2.75, 3.05) is 6.54 Å². The SMILES string of the molecule is CC(C)(C)OC(=O)N[C@H](C(=O)N1CCC[C@H]1B1O[C@@H]2C[C@@H]3C[C@@H](C3(C)C)[C@]2(C)O1)C12CC3CC(CC(C3)C1)C2. The molecule has 9 rings (SSSR count). The molecular formula is C31H49BN2O5. The Bertz CT molecular complexity index is 1010. The second-order valence-corrected chi connectivity index (χ2v) is 16.4. The Morgan fingerprint density at radius 3 is 2.23 bits per heavy atom. The van der Waals surface area contributed by atoms with Crippen molar-refractivity contribution in [3.63, 3.8) is 0 Å².